The normalized spacial score (nSPS) is 24.2. The number of fused-ring (bicyclic) bond motifs is 2. The van der Waals surface area contributed by atoms with Gasteiger partial charge in [0.2, 0.25) is 5.91 Å². The highest BCUT2D eigenvalue weighted by Crippen LogP contribution is 2.35. The lowest BCUT2D eigenvalue weighted by Crippen LogP contribution is -2.59. The maximum absolute atomic E-state index is 13.1. The molecule has 1 N–H and O–H groups in total. The Kier molecular flexibility index (Phi) is 4.95. The molecule has 0 radical (unpaired) electrons. The number of aromatic nitrogens is 4. The molecular formula is C20H28N6O2. The summed E-state index contributed by atoms with van der Waals surface area (Å²) in [6, 6.07) is 2.43. The van der Waals surface area contributed by atoms with E-state index in [1.165, 1.54) is 0 Å². The Labute approximate surface area is 164 Å². The second-order valence-corrected chi connectivity index (χ2v) is 8.16. The van der Waals surface area contributed by atoms with Gasteiger partial charge in [0, 0.05) is 30.9 Å². The summed E-state index contributed by atoms with van der Waals surface area (Å²) in [6.07, 6.45) is 8.03. The molecule has 4 rings (SSSR count). The first-order chi connectivity index (χ1) is 13.4. The van der Waals surface area contributed by atoms with E-state index >= 15 is 0 Å². The van der Waals surface area contributed by atoms with Crippen LogP contribution in [0.2, 0.25) is 0 Å². The summed E-state index contributed by atoms with van der Waals surface area (Å²) < 4.78 is 3.52. The molecule has 28 heavy (non-hydrogen) atoms. The van der Waals surface area contributed by atoms with Crippen molar-refractivity contribution in [2.24, 2.45) is 7.05 Å². The van der Waals surface area contributed by atoms with Gasteiger partial charge < -0.3 is 14.8 Å². The Morgan fingerprint density at radius 1 is 1.21 bits per heavy atom. The quantitative estimate of drug-likeness (QED) is 0.867. The van der Waals surface area contributed by atoms with Crippen molar-refractivity contribution in [3.8, 4) is 0 Å². The van der Waals surface area contributed by atoms with Crippen LogP contribution in [0.3, 0.4) is 0 Å². The van der Waals surface area contributed by atoms with Gasteiger partial charge in [0.05, 0.1) is 18.2 Å². The van der Waals surface area contributed by atoms with Gasteiger partial charge in [-0.05, 0) is 52.0 Å². The van der Waals surface area contributed by atoms with Crippen LogP contribution in [0.25, 0.3) is 0 Å². The third kappa shape index (κ3) is 3.55. The number of hydrogen-bond acceptors (Lipinski definition) is 4. The second-order valence-electron chi connectivity index (χ2n) is 8.16. The second kappa shape index (κ2) is 7.41. The Hall–Kier alpha value is -2.64. The fraction of sp³-hybridized carbons (Fsp3) is 0.600. The molecule has 150 valence electrons. The topological polar surface area (TPSA) is 85.0 Å². The van der Waals surface area contributed by atoms with Crippen LogP contribution in [-0.4, -0.2) is 54.2 Å². The van der Waals surface area contributed by atoms with Crippen LogP contribution < -0.4 is 5.32 Å². The number of hydrogen-bond donors (Lipinski definition) is 1. The first-order valence-electron chi connectivity index (χ1n) is 10.0. The Morgan fingerprint density at radius 2 is 1.93 bits per heavy atom. The van der Waals surface area contributed by atoms with E-state index in [2.05, 4.69) is 15.4 Å². The fourth-order valence-corrected chi connectivity index (χ4v) is 4.77. The van der Waals surface area contributed by atoms with Crippen molar-refractivity contribution in [3.05, 3.63) is 35.7 Å². The van der Waals surface area contributed by atoms with Crippen molar-refractivity contribution in [1.29, 1.82) is 0 Å². The van der Waals surface area contributed by atoms with Crippen LogP contribution in [0, 0.1) is 13.8 Å². The molecule has 2 aromatic rings. The molecule has 2 bridgehead atoms. The monoisotopic (exact) mass is 384 g/mol. The Bertz CT molecular complexity index is 871. The van der Waals surface area contributed by atoms with Crippen LogP contribution in [-0.2, 0) is 18.4 Å². The van der Waals surface area contributed by atoms with Crippen molar-refractivity contribution in [3.63, 3.8) is 0 Å². The summed E-state index contributed by atoms with van der Waals surface area (Å²) in [4.78, 5) is 31.7. The number of carbonyl (C=O) groups is 2. The smallest absolute Gasteiger partial charge is 0.272 e. The summed E-state index contributed by atoms with van der Waals surface area (Å²) in [7, 11) is 1.85. The number of carbonyl (C=O) groups excluding carboxylic acids is 2. The molecular weight excluding hydrogens is 356 g/mol. The third-order valence-corrected chi connectivity index (χ3v) is 6.01. The zero-order valence-corrected chi connectivity index (χ0v) is 16.8. The van der Waals surface area contributed by atoms with Crippen LogP contribution in [0.4, 0.5) is 0 Å². The van der Waals surface area contributed by atoms with Gasteiger partial charge in [-0.25, -0.2) is 4.98 Å². The number of nitrogens with one attached hydrogen (secondary N) is 1. The summed E-state index contributed by atoms with van der Waals surface area (Å²) in [5.41, 5.74) is 2.53. The van der Waals surface area contributed by atoms with Crippen LogP contribution in [0.15, 0.2) is 18.6 Å². The lowest BCUT2D eigenvalue weighted by molar-refractivity contribution is -0.123. The van der Waals surface area contributed by atoms with E-state index < -0.39 is 0 Å². The highest BCUT2D eigenvalue weighted by atomic mass is 16.2. The molecule has 4 heterocycles. The summed E-state index contributed by atoms with van der Waals surface area (Å²) in [5.74, 6) is 0.0443. The number of amides is 2. The molecule has 0 spiro atoms. The number of aryl methyl sites for hydroxylation is 3. The maximum Gasteiger partial charge on any atom is 0.272 e. The number of piperidine rings is 2. The molecule has 2 saturated heterocycles. The first kappa shape index (κ1) is 18.7. The van der Waals surface area contributed by atoms with E-state index in [1.54, 1.807) is 21.8 Å². The molecule has 2 aliphatic heterocycles. The molecule has 0 aliphatic carbocycles. The molecule has 2 aliphatic rings. The molecule has 3 atom stereocenters. The van der Waals surface area contributed by atoms with Gasteiger partial charge in [0.25, 0.3) is 5.91 Å². The lowest BCUT2D eigenvalue weighted by Gasteiger charge is -2.48. The third-order valence-electron chi connectivity index (χ3n) is 6.01. The summed E-state index contributed by atoms with van der Waals surface area (Å²) in [6.45, 7) is 4.13. The lowest BCUT2D eigenvalue weighted by atomic mass is 9.81. The minimum atomic E-state index is -0.0133. The number of nitrogens with zero attached hydrogens (tertiary/aromatic N) is 5. The summed E-state index contributed by atoms with van der Waals surface area (Å²) >= 11 is 0. The maximum atomic E-state index is 13.1. The minimum Gasteiger partial charge on any atom is -0.352 e. The van der Waals surface area contributed by atoms with Crippen molar-refractivity contribution < 1.29 is 9.59 Å². The zero-order valence-electron chi connectivity index (χ0n) is 16.8. The highest BCUT2D eigenvalue weighted by molar-refractivity contribution is 5.93. The Morgan fingerprint density at radius 3 is 2.50 bits per heavy atom. The SMILES string of the molecule is Cc1cc(C)n(CC(=O)NC2C[C@H]3CCC[C@@H](C2)N3C(=O)c2cncn2C)n1. The predicted octanol–water partition coefficient (Wildman–Crippen LogP) is 1.58. The van der Waals surface area contributed by atoms with E-state index in [1.807, 2.05) is 31.9 Å². The van der Waals surface area contributed by atoms with Gasteiger partial charge in [0.1, 0.15) is 12.2 Å². The van der Waals surface area contributed by atoms with Gasteiger partial charge in [0.15, 0.2) is 0 Å². The van der Waals surface area contributed by atoms with E-state index in [0.717, 1.165) is 43.5 Å². The molecule has 0 aromatic carbocycles. The first-order valence-corrected chi connectivity index (χ1v) is 10.0. The van der Waals surface area contributed by atoms with E-state index in [-0.39, 0.29) is 36.5 Å². The van der Waals surface area contributed by atoms with E-state index in [9.17, 15) is 9.59 Å². The molecule has 8 nitrogen and oxygen atoms in total. The molecule has 2 fully saturated rings. The summed E-state index contributed by atoms with van der Waals surface area (Å²) in [5, 5.41) is 7.55. The van der Waals surface area contributed by atoms with Crippen LogP contribution in [0.5, 0.6) is 0 Å². The zero-order chi connectivity index (χ0) is 19.8. The van der Waals surface area contributed by atoms with E-state index in [0.29, 0.717) is 5.69 Å². The van der Waals surface area contributed by atoms with E-state index in [4.69, 9.17) is 0 Å². The Balaban J connectivity index is 1.41. The van der Waals surface area contributed by atoms with Crippen molar-refractivity contribution in [1.82, 2.24) is 29.5 Å². The van der Waals surface area contributed by atoms with Crippen molar-refractivity contribution in [2.45, 2.75) is 70.6 Å². The predicted molar refractivity (Wildman–Crippen MR) is 104 cm³/mol. The number of rotatable bonds is 4. The standard InChI is InChI=1S/C20H28N6O2/c1-13-7-14(2)25(23-13)11-19(27)22-15-8-16-5-4-6-17(9-15)26(16)20(28)18-10-21-12-24(18)3/h7,10,12,15-17H,4-6,8-9,11H2,1-3H3,(H,22,27)/t15?,16-,17+. The molecule has 8 heteroatoms. The van der Waals surface area contributed by atoms with Gasteiger partial charge >= 0.3 is 0 Å². The van der Waals surface area contributed by atoms with Crippen molar-refractivity contribution in [2.75, 3.05) is 0 Å². The minimum absolute atomic E-state index is 0.0133. The molecule has 0 saturated carbocycles. The van der Waals surface area contributed by atoms with Crippen LogP contribution >= 0.6 is 0 Å². The molecule has 2 aromatic heterocycles. The molecule has 2 amide bonds. The number of imidazole rings is 1. The highest BCUT2D eigenvalue weighted by Gasteiger charge is 2.42. The van der Waals surface area contributed by atoms with Gasteiger partial charge in [-0.1, -0.05) is 0 Å². The van der Waals surface area contributed by atoms with Gasteiger partial charge in [-0.15, -0.1) is 0 Å². The average molecular weight is 384 g/mol. The largest absolute Gasteiger partial charge is 0.352 e. The van der Waals surface area contributed by atoms with Crippen LogP contribution in [0.1, 0.15) is 54.0 Å². The molecule has 1 unspecified atom stereocenters. The average Bonchev–Trinajstić information content (AvgIpc) is 3.18. The fourth-order valence-electron chi connectivity index (χ4n) is 4.77. The van der Waals surface area contributed by atoms with Gasteiger partial charge in [-0.2, -0.15) is 5.10 Å². The van der Waals surface area contributed by atoms with Gasteiger partial charge in [-0.3, -0.25) is 14.3 Å². The van der Waals surface area contributed by atoms with Crippen molar-refractivity contribution >= 4 is 11.8 Å².